The largest absolute Gasteiger partial charge is 0.459 e. The van der Waals surface area contributed by atoms with Crippen molar-refractivity contribution < 1.29 is 49.3 Å². The van der Waals surface area contributed by atoms with Crippen LogP contribution in [0, 0.1) is 17.8 Å². The number of nitrogens with one attached hydrogen (secondary N) is 2. The molecule has 1 aromatic heterocycles. The van der Waals surface area contributed by atoms with Gasteiger partial charge in [0, 0.05) is 37.1 Å². The molecule has 1 aromatic rings. The van der Waals surface area contributed by atoms with E-state index in [1.807, 2.05) is 6.92 Å². The van der Waals surface area contributed by atoms with Gasteiger partial charge in [0.25, 0.3) is 0 Å². The van der Waals surface area contributed by atoms with Crippen LogP contribution in [0.25, 0.3) is 0 Å². The molecule has 3 rings (SSSR count). The summed E-state index contributed by atoms with van der Waals surface area (Å²) in [6.07, 6.45) is -4.22. The first-order valence-corrected chi connectivity index (χ1v) is 17.0. The third-order valence-electron chi connectivity index (χ3n) is 10.1. The zero-order valence-corrected chi connectivity index (χ0v) is 29.7. The lowest BCUT2D eigenvalue weighted by atomic mass is 9.78. The van der Waals surface area contributed by atoms with E-state index in [4.69, 9.17) is 14.2 Å². The van der Waals surface area contributed by atoms with Gasteiger partial charge in [0.15, 0.2) is 6.29 Å². The molecule has 274 valence electrons. The number of amides is 2. The van der Waals surface area contributed by atoms with Crippen molar-refractivity contribution in [3.05, 3.63) is 24.5 Å². The van der Waals surface area contributed by atoms with Crippen molar-refractivity contribution in [2.45, 2.75) is 141 Å². The number of aliphatic hydroxyl groups is 5. The molecule has 2 saturated heterocycles. The van der Waals surface area contributed by atoms with E-state index < -0.39 is 90.0 Å². The quantitative estimate of drug-likeness (QED) is 0.222. The highest BCUT2D eigenvalue weighted by molar-refractivity contribution is 5.89. The van der Waals surface area contributed by atoms with E-state index >= 15 is 0 Å². The summed E-state index contributed by atoms with van der Waals surface area (Å²) in [5.74, 6) is -2.99. The van der Waals surface area contributed by atoms with Crippen LogP contribution in [0.15, 0.2) is 24.5 Å². The SMILES string of the molecule is CC[C@H]1OC(=O)[C@H](C)[C@@H](O)[C@H](C)[C@@H](O[C@@H]2O[C@H](C)C[C@H](N(C)C(=O)Nc3ccncc3)[C@H]2O)[C@](C)(O)C[C@@H](C)CN[C@H](C)[C@@H](O)[C@]1(C)O. The van der Waals surface area contributed by atoms with Crippen LogP contribution in [-0.2, 0) is 19.0 Å². The van der Waals surface area contributed by atoms with Crippen molar-refractivity contribution in [3.8, 4) is 0 Å². The zero-order chi connectivity index (χ0) is 36.1. The summed E-state index contributed by atoms with van der Waals surface area (Å²) in [6, 6.07) is 1.50. The Labute approximate surface area is 284 Å². The van der Waals surface area contributed by atoms with Crippen molar-refractivity contribution in [1.29, 1.82) is 0 Å². The minimum Gasteiger partial charge on any atom is -0.459 e. The summed E-state index contributed by atoms with van der Waals surface area (Å²) >= 11 is 0. The summed E-state index contributed by atoms with van der Waals surface area (Å²) in [4.78, 5) is 31.8. The number of ether oxygens (including phenoxy) is 3. The van der Waals surface area contributed by atoms with E-state index in [1.165, 1.54) is 18.7 Å². The minimum atomic E-state index is -1.79. The van der Waals surface area contributed by atoms with E-state index in [1.54, 1.807) is 66.2 Å². The molecule has 3 heterocycles. The van der Waals surface area contributed by atoms with Gasteiger partial charge in [-0.3, -0.25) is 9.78 Å². The Morgan fingerprint density at radius 1 is 1.10 bits per heavy atom. The van der Waals surface area contributed by atoms with E-state index in [0.717, 1.165) is 0 Å². The number of carbonyl (C=O) groups excluding carboxylic acids is 2. The fourth-order valence-electron chi connectivity index (χ4n) is 7.03. The molecule has 0 bridgehead atoms. The van der Waals surface area contributed by atoms with Gasteiger partial charge < -0.3 is 55.3 Å². The number of aromatic nitrogens is 1. The number of pyridine rings is 1. The van der Waals surface area contributed by atoms with Gasteiger partial charge in [-0.2, -0.15) is 0 Å². The topological polar surface area (TPSA) is 203 Å². The zero-order valence-electron chi connectivity index (χ0n) is 29.7. The molecule has 48 heavy (non-hydrogen) atoms. The lowest BCUT2D eigenvalue weighted by Crippen LogP contribution is -2.60. The van der Waals surface area contributed by atoms with Crippen molar-refractivity contribution >= 4 is 17.7 Å². The van der Waals surface area contributed by atoms with Crippen LogP contribution in [-0.4, -0.2) is 127 Å². The molecule has 2 amide bonds. The molecule has 14 nitrogen and oxygen atoms in total. The standard InChI is InChI=1S/C34H58N4O10/c1-10-25-34(8,45)28(41)22(6)36-17-18(2)16-33(7,44)29(20(4)26(39)21(5)30(42)47-25)48-31-27(40)24(15-19(3)46-31)38(9)32(43)37-23-11-13-35-14-12-23/h11-14,18-22,24-29,31,36,39-41,44-45H,10,15-17H2,1-9H3,(H,35,37,43)/t18-,19-,20+,21-,22-,24+,25-,26+,27-,28-,29-,31+,33-,34-/m1/s1. The molecular formula is C34H58N4O10. The number of esters is 1. The van der Waals surface area contributed by atoms with Gasteiger partial charge in [0.1, 0.15) is 23.9 Å². The number of nitrogens with zero attached hydrogens (tertiary/aromatic N) is 2. The van der Waals surface area contributed by atoms with Crippen LogP contribution in [0.2, 0.25) is 0 Å². The Hall–Kier alpha value is -2.43. The van der Waals surface area contributed by atoms with Crippen LogP contribution >= 0.6 is 0 Å². The number of cyclic esters (lactones) is 1. The highest BCUT2D eigenvalue weighted by Crippen LogP contribution is 2.36. The maximum Gasteiger partial charge on any atom is 0.321 e. The third-order valence-corrected chi connectivity index (χ3v) is 10.1. The molecule has 14 atom stereocenters. The van der Waals surface area contributed by atoms with Gasteiger partial charge in [-0.05, 0) is 78.5 Å². The summed E-state index contributed by atoms with van der Waals surface area (Å²) in [6.45, 7) is 13.6. The maximum atomic E-state index is 13.4. The van der Waals surface area contributed by atoms with E-state index in [2.05, 4.69) is 15.6 Å². The van der Waals surface area contributed by atoms with E-state index in [9.17, 15) is 35.1 Å². The predicted molar refractivity (Wildman–Crippen MR) is 178 cm³/mol. The molecule has 2 aliphatic rings. The van der Waals surface area contributed by atoms with Gasteiger partial charge in [-0.1, -0.05) is 20.8 Å². The smallest absolute Gasteiger partial charge is 0.321 e. The molecule has 0 aromatic carbocycles. The molecule has 2 aliphatic heterocycles. The maximum absolute atomic E-state index is 13.4. The number of aliphatic hydroxyl groups excluding tert-OH is 3. The summed E-state index contributed by atoms with van der Waals surface area (Å²) in [5.41, 5.74) is -2.88. The van der Waals surface area contributed by atoms with Crippen molar-refractivity contribution in [3.63, 3.8) is 0 Å². The number of urea groups is 1. The fraction of sp³-hybridized carbons (Fsp3) is 0.794. The van der Waals surface area contributed by atoms with Gasteiger partial charge in [-0.25, -0.2) is 4.79 Å². The summed E-state index contributed by atoms with van der Waals surface area (Å²) < 4.78 is 18.1. The van der Waals surface area contributed by atoms with Crippen LogP contribution in [0.5, 0.6) is 0 Å². The minimum absolute atomic E-state index is 0.160. The van der Waals surface area contributed by atoms with Gasteiger partial charge in [-0.15, -0.1) is 0 Å². The first kappa shape index (κ1) is 40.0. The highest BCUT2D eigenvalue weighted by Gasteiger charge is 2.49. The number of rotatable bonds is 5. The average molecular weight is 683 g/mol. The van der Waals surface area contributed by atoms with Crippen molar-refractivity contribution in [2.24, 2.45) is 17.8 Å². The highest BCUT2D eigenvalue weighted by atomic mass is 16.7. The lowest BCUT2D eigenvalue weighted by Gasteiger charge is -2.47. The Bertz CT molecular complexity index is 1190. The van der Waals surface area contributed by atoms with E-state index in [-0.39, 0.29) is 18.8 Å². The fourth-order valence-corrected chi connectivity index (χ4v) is 7.03. The predicted octanol–water partition coefficient (Wildman–Crippen LogP) is 1.63. The number of anilines is 1. The second kappa shape index (κ2) is 16.5. The Morgan fingerprint density at radius 3 is 2.33 bits per heavy atom. The molecule has 14 heteroatoms. The average Bonchev–Trinajstić information content (AvgIpc) is 3.03. The van der Waals surface area contributed by atoms with Crippen molar-refractivity contribution in [1.82, 2.24) is 15.2 Å². The number of hydrogen-bond acceptors (Lipinski definition) is 12. The first-order chi connectivity index (χ1) is 22.3. The lowest BCUT2D eigenvalue weighted by molar-refractivity contribution is -0.298. The van der Waals surface area contributed by atoms with Crippen LogP contribution in [0.4, 0.5) is 10.5 Å². The first-order valence-electron chi connectivity index (χ1n) is 17.0. The van der Waals surface area contributed by atoms with E-state index in [0.29, 0.717) is 18.7 Å². The van der Waals surface area contributed by atoms with Crippen molar-refractivity contribution in [2.75, 3.05) is 18.9 Å². The third kappa shape index (κ3) is 9.42. The summed E-state index contributed by atoms with van der Waals surface area (Å²) in [5, 5.41) is 63.5. The molecule has 0 aliphatic carbocycles. The summed E-state index contributed by atoms with van der Waals surface area (Å²) in [7, 11) is 1.56. The van der Waals surface area contributed by atoms with Gasteiger partial charge >= 0.3 is 12.0 Å². The number of likely N-dealkylation sites (N-methyl/N-ethyl adjacent to an activating group) is 1. The number of hydrogen-bond donors (Lipinski definition) is 7. The Balaban J connectivity index is 1.92. The monoisotopic (exact) mass is 682 g/mol. The molecule has 2 fully saturated rings. The molecule has 0 saturated carbocycles. The number of carbonyl (C=O) groups is 2. The Kier molecular flexibility index (Phi) is 13.8. The Morgan fingerprint density at radius 2 is 1.73 bits per heavy atom. The molecule has 0 unspecified atom stereocenters. The normalized spacial score (nSPS) is 42.2. The van der Waals surface area contributed by atoms with Gasteiger partial charge in [0.05, 0.1) is 35.9 Å². The second-order valence-corrected chi connectivity index (χ2v) is 14.4. The second-order valence-electron chi connectivity index (χ2n) is 14.4. The van der Waals surface area contributed by atoms with Gasteiger partial charge in [0.2, 0.25) is 0 Å². The molecular weight excluding hydrogens is 624 g/mol. The van der Waals surface area contributed by atoms with Crippen LogP contribution in [0.1, 0.15) is 74.7 Å². The van der Waals surface area contributed by atoms with Crippen LogP contribution in [0.3, 0.4) is 0 Å². The van der Waals surface area contributed by atoms with Crippen LogP contribution < -0.4 is 10.6 Å². The molecule has 0 radical (unpaired) electrons. The molecule has 7 N–H and O–H groups in total. The molecule has 0 spiro atoms.